The molecule has 0 aliphatic heterocycles. The second-order valence-electron chi connectivity index (χ2n) is 5.23. The number of hydrogen-bond donors (Lipinski definition) is 1. The van der Waals surface area contributed by atoms with Gasteiger partial charge in [0.1, 0.15) is 0 Å². The molecule has 0 radical (unpaired) electrons. The Morgan fingerprint density at radius 1 is 1.41 bits per heavy atom. The first-order valence-corrected chi connectivity index (χ1v) is 8.11. The summed E-state index contributed by atoms with van der Waals surface area (Å²) in [6.45, 7) is 6.07. The second kappa shape index (κ2) is 5.88. The molecule has 5 nitrogen and oxygen atoms in total. The minimum Gasteiger partial charge on any atom is -0.342 e. The molecule has 0 fully saturated rings. The van der Waals surface area contributed by atoms with Gasteiger partial charge in [0.15, 0.2) is 11.5 Å². The maximum Gasteiger partial charge on any atom is 0.261 e. The summed E-state index contributed by atoms with van der Waals surface area (Å²) in [6, 6.07) is 7.49. The van der Waals surface area contributed by atoms with Crippen LogP contribution in [-0.2, 0) is 6.42 Å². The van der Waals surface area contributed by atoms with Crippen molar-refractivity contribution < 1.29 is 4.79 Å². The Balaban J connectivity index is 1.81. The van der Waals surface area contributed by atoms with Crippen LogP contribution in [0.1, 0.15) is 45.8 Å². The number of hydrogen-bond acceptors (Lipinski definition) is 4. The van der Waals surface area contributed by atoms with E-state index in [0.717, 1.165) is 22.8 Å². The molecule has 1 N–H and O–H groups in total. The summed E-state index contributed by atoms with van der Waals surface area (Å²) in [5, 5.41) is 11.3. The Morgan fingerprint density at radius 2 is 2.23 bits per heavy atom. The summed E-state index contributed by atoms with van der Waals surface area (Å²) in [5.41, 5.74) is 2.01. The second-order valence-corrected chi connectivity index (χ2v) is 6.48. The topological polar surface area (TPSA) is 59.3 Å². The highest BCUT2D eigenvalue weighted by Gasteiger charge is 2.18. The van der Waals surface area contributed by atoms with Crippen molar-refractivity contribution in [1.29, 1.82) is 0 Å². The van der Waals surface area contributed by atoms with Gasteiger partial charge in [0.25, 0.3) is 5.91 Å². The van der Waals surface area contributed by atoms with Gasteiger partial charge in [-0.2, -0.15) is 0 Å². The SMILES string of the molecule is CCc1cc(C(=O)NC(C)c2nnc3ccccn23)sc1C. The monoisotopic (exact) mass is 314 g/mol. The van der Waals surface area contributed by atoms with Gasteiger partial charge in [0.05, 0.1) is 10.9 Å². The van der Waals surface area contributed by atoms with Crippen molar-refractivity contribution in [2.24, 2.45) is 0 Å². The summed E-state index contributed by atoms with van der Waals surface area (Å²) in [4.78, 5) is 14.4. The van der Waals surface area contributed by atoms with Crippen LogP contribution < -0.4 is 5.32 Å². The van der Waals surface area contributed by atoms with Crippen LogP contribution in [0, 0.1) is 6.92 Å². The third kappa shape index (κ3) is 2.62. The summed E-state index contributed by atoms with van der Waals surface area (Å²) < 4.78 is 1.89. The Bertz CT molecular complexity index is 821. The quantitative estimate of drug-likeness (QED) is 0.805. The molecule has 0 saturated carbocycles. The van der Waals surface area contributed by atoms with Crippen LogP contribution in [0.4, 0.5) is 0 Å². The molecule has 3 heterocycles. The van der Waals surface area contributed by atoms with E-state index in [-0.39, 0.29) is 11.9 Å². The van der Waals surface area contributed by atoms with Gasteiger partial charge >= 0.3 is 0 Å². The summed E-state index contributed by atoms with van der Waals surface area (Å²) in [6.07, 6.45) is 2.85. The Hall–Kier alpha value is -2.21. The minimum absolute atomic E-state index is 0.0621. The number of amides is 1. The molecule has 3 rings (SSSR count). The number of nitrogens with one attached hydrogen (secondary N) is 1. The number of aromatic nitrogens is 3. The van der Waals surface area contributed by atoms with Gasteiger partial charge in [-0.1, -0.05) is 13.0 Å². The lowest BCUT2D eigenvalue weighted by atomic mass is 10.2. The van der Waals surface area contributed by atoms with Crippen molar-refractivity contribution in [3.63, 3.8) is 0 Å². The molecule has 0 bridgehead atoms. The van der Waals surface area contributed by atoms with E-state index >= 15 is 0 Å². The average molecular weight is 314 g/mol. The van der Waals surface area contributed by atoms with E-state index in [1.807, 2.05) is 41.8 Å². The number of thiophene rings is 1. The largest absolute Gasteiger partial charge is 0.342 e. The first-order valence-electron chi connectivity index (χ1n) is 7.30. The summed E-state index contributed by atoms with van der Waals surface area (Å²) in [5.74, 6) is 0.668. The molecular formula is C16H18N4OS. The van der Waals surface area contributed by atoms with Crippen molar-refractivity contribution in [1.82, 2.24) is 19.9 Å². The molecule has 0 spiro atoms. The van der Waals surface area contributed by atoms with Crippen LogP contribution in [0.15, 0.2) is 30.5 Å². The van der Waals surface area contributed by atoms with Gasteiger partial charge in [0.2, 0.25) is 0 Å². The van der Waals surface area contributed by atoms with Crippen LogP contribution in [0.2, 0.25) is 0 Å². The van der Waals surface area contributed by atoms with Crippen molar-refractivity contribution in [2.75, 3.05) is 0 Å². The zero-order valence-corrected chi connectivity index (χ0v) is 13.6. The summed E-state index contributed by atoms with van der Waals surface area (Å²) in [7, 11) is 0. The smallest absolute Gasteiger partial charge is 0.261 e. The van der Waals surface area contributed by atoms with Crippen LogP contribution in [0.3, 0.4) is 0 Å². The normalized spacial score (nSPS) is 12.5. The number of pyridine rings is 1. The fraction of sp³-hybridized carbons (Fsp3) is 0.312. The van der Waals surface area contributed by atoms with E-state index in [1.54, 1.807) is 0 Å². The highest BCUT2D eigenvalue weighted by molar-refractivity contribution is 7.14. The lowest BCUT2D eigenvalue weighted by Gasteiger charge is -2.11. The zero-order chi connectivity index (χ0) is 15.7. The number of carbonyl (C=O) groups excluding carboxylic acids is 1. The number of aryl methyl sites for hydroxylation is 2. The highest BCUT2D eigenvalue weighted by Crippen LogP contribution is 2.23. The van der Waals surface area contributed by atoms with Gasteiger partial charge in [-0.15, -0.1) is 21.5 Å². The molecule has 3 aromatic heterocycles. The van der Waals surface area contributed by atoms with E-state index in [0.29, 0.717) is 0 Å². The van der Waals surface area contributed by atoms with E-state index in [1.165, 1.54) is 21.8 Å². The molecule has 6 heteroatoms. The third-order valence-corrected chi connectivity index (χ3v) is 4.79. The predicted molar refractivity (Wildman–Crippen MR) is 87.3 cm³/mol. The summed E-state index contributed by atoms with van der Waals surface area (Å²) >= 11 is 1.54. The fourth-order valence-corrected chi connectivity index (χ4v) is 3.49. The van der Waals surface area contributed by atoms with Gasteiger partial charge in [-0.25, -0.2) is 0 Å². The van der Waals surface area contributed by atoms with Crippen LogP contribution in [0.25, 0.3) is 5.65 Å². The molecular weight excluding hydrogens is 296 g/mol. The molecule has 0 aliphatic rings. The van der Waals surface area contributed by atoms with E-state index in [9.17, 15) is 4.79 Å². The van der Waals surface area contributed by atoms with Gasteiger partial charge in [0, 0.05) is 11.1 Å². The number of nitrogens with zero attached hydrogens (tertiary/aromatic N) is 3. The number of carbonyl (C=O) groups is 1. The Kier molecular flexibility index (Phi) is 3.94. The maximum atomic E-state index is 12.4. The first-order chi connectivity index (χ1) is 10.6. The predicted octanol–water partition coefficient (Wildman–Crippen LogP) is 3.15. The van der Waals surface area contributed by atoms with Crippen molar-refractivity contribution in [3.8, 4) is 0 Å². The molecule has 1 atom stereocenters. The van der Waals surface area contributed by atoms with Crippen LogP contribution in [-0.4, -0.2) is 20.5 Å². The van der Waals surface area contributed by atoms with Crippen LogP contribution in [0.5, 0.6) is 0 Å². The molecule has 0 saturated heterocycles. The van der Waals surface area contributed by atoms with Gasteiger partial charge < -0.3 is 5.32 Å². The lowest BCUT2D eigenvalue weighted by Crippen LogP contribution is -2.27. The number of rotatable bonds is 4. The maximum absolute atomic E-state index is 12.4. The Morgan fingerprint density at radius 3 is 2.95 bits per heavy atom. The van der Waals surface area contributed by atoms with Crippen LogP contribution >= 0.6 is 11.3 Å². The molecule has 0 aliphatic carbocycles. The fourth-order valence-electron chi connectivity index (χ4n) is 2.47. The first kappa shape index (κ1) is 14.7. The van der Waals surface area contributed by atoms with Crippen molar-refractivity contribution in [3.05, 3.63) is 51.6 Å². The number of fused-ring (bicyclic) bond motifs is 1. The molecule has 22 heavy (non-hydrogen) atoms. The van der Waals surface area contributed by atoms with E-state index < -0.39 is 0 Å². The molecule has 3 aromatic rings. The molecule has 114 valence electrons. The lowest BCUT2D eigenvalue weighted by molar-refractivity contribution is 0.0942. The third-order valence-electron chi connectivity index (χ3n) is 3.70. The molecule has 1 amide bonds. The van der Waals surface area contributed by atoms with Gasteiger partial charge in [-0.3, -0.25) is 9.20 Å². The van der Waals surface area contributed by atoms with Gasteiger partial charge in [-0.05, 0) is 44.0 Å². The molecule has 1 unspecified atom stereocenters. The minimum atomic E-state index is -0.211. The standard InChI is InChI=1S/C16H18N4OS/c1-4-12-9-13(22-11(12)3)16(21)17-10(2)15-19-18-14-7-5-6-8-20(14)15/h5-10H,4H2,1-3H3,(H,17,21). The van der Waals surface area contributed by atoms with Crippen molar-refractivity contribution >= 4 is 22.9 Å². The Labute approximate surface area is 133 Å². The average Bonchev–Trinajstić information content (AvgIpc) is 3.10. The molecule has 0 aromatic carbocycles. The van der Waals surface area contributed by atoms with E-state index in [2.05, 4.69) is 29.4 Å². The van der Waals surface area contributed by atoms with E-state index in [4.69, 9.17) is 0 Å². The van der Waals surface area contributed by atoms with Crippen molar-refractivity contribution in [2.45, 2.75) is 33.2 Å². The highest BCUT2D eigenvalue weighted by atomic mass is 32.1. The zero-order valence-electron chi connectivity index (χ0n) is 12.8.